The number of carbonyl (C=O) groups is 1. The predicted octanol–water partition coefficient (Wildman–Crippen LogP) is 4.90. The lowest BCUT2D eigenvalue weighted by Gasteiger charge is -2.04. The van der Waals surface area contributed by atoms with Gasteiger partial charge in [-0.15, -0.1) is 11.3 Å². The van der Waals surface area contributed by atoms with E-state index in [2.05, 4.69) is 15.9 Å². The maximum Gasteiger partial charge on any atom is 0.168 e. The molecular weight excluding hydrogens is 320 g/mol. The van der Waals surface area contributed by atoms with Gasteiger partial charge in [0, 0.05) is 31.7 Å². The molecule has 17 heavy (non-hydrogen) atoms. The smallest absolute Gasteiger partial charge is 0.168 e. The predicted molar refractivity (Wildman–Crippen MR) is 76.2 cm³/mol. The van der Waals surface area contributed by atoms with Crippen LogP contribution in [0.4, 0.5) is 0 Å². The molecule has 0 unspecified atom stereocenters. The molecular formula is C13H10BrClOS. The number of carbonyl (C=O) groups excluding carboxylic acids is 1. The third-order valence-electron chi connectivity index (χ3n) is 2.46. The molecule has 1 heterocycles. The summed E-state index contributed by atoms with van der Waals surface area (Å²) in [6.07, 6.45) is 0.428. The first kappa shape index (κ1) is 12.8. The Kier molecular flexibility index (Phi) is 4.02. The Morgan fingerprint density at radius 3 is 2.82 bits per heavy atom. The number of rotatable bonds is 3. The largest absolute Gasteiger partial charge is 0.294 e. The average molecular weight is 330 g/mol. The van der Waals surface area contributed by atoms with Crippen molar-refractivity contribution in [1.82, 2.24) is 0 Å². The highest BCUT2D eigenvalue weighted by molar-refractivity contribution is 9.10. The van der Waals surface area contributed by atoms with Crippen molar-refractivity contribution in [3.8, 4) is 0 Å². The van der Waals surface area contributed by atoms with Gasteiger partial charge in [0.05, 0.1) is 0 Å². The van der Waals surface area contributed by atoms with Crippen LogP contribution < -0.4 is 0 Å². The molecule has 0 N–H and O–H groups in total. The lowest BCUT2D eigenvalue weighted by atomic mass is 10.0. The summed E-state index contributed by atoms with van der Waals surface area (Å²) in [5.41, 5.74) is 1.68. The van der Waals surface area contributed by atoms with Crippen LogP contribution in [-0.2, 0) is 6.42 Å². The van der Waals surface area contributed by atoms with E-state index in [0.717, 1.165) is 14.9 Å². The molecule has 0 aliphatic rings. The van der Waals surface area contributed by atoms with E-state index in [1.54, 1.807) is 23.5 Å². The van der Waals surface area contributed by atoms with E-state index < -0.39 is 0 Å². The average Bonchev–Trinajstić information content (AvgIpc) is 2.67. The van der Waals surface area contributed by atoms with Crippen molar-refractivity contribution in [3.63, 3.8) is 0 Å². The molecule has 0 atom stereocenters. The molecule has 0 aliphatic carbocycles. The quantitative estimate of drug-likeness (QED) is 0.732. The van der Waals surface area contributed by atoms with Crippen molar-refractivity contribution in [2.24, 2.45) is 0 Å². The van der Waals surface area contributed by atoms with E-state index in [-0.39, 0.29) is 5.78 Å². The monoisotopic (exact) mass is 328 g/mol. The minimum absolute atomic E-state index is 0.111. The molecule has 2 rings (SSSR count). The Bertz CT molecular complexity index is 562. The fourth-order valence-corrected chi connectivity index (χ4v) is 3.22. The SMILES string of the molecule is Cc1ccc(Cl)cc1C(=O)Cc1cc(Br)cs1. The molecule has 0 aliphatic heterocycles. The van der Waals surface area contributed by atoms with Gasteiger partial charge in [0.2, 0.25) is 0 Å². The zero-order valence-electron chi connectivity index (χ0n) is 9.17. The lowest BCUT2D eigenvalue weighted by molar-refractivity contribution is 0.0993. The summed E-state index contributed by atoms with van der Waals surface area (Å²) >= 11 is 10.9. The van der Waals surface area contributed by atoms with Gasteiger partial charge in [-0.1, -0.05) is 17.7 Å². The molecule has 0 bridgehead atoms. The van der Waals surface area contributed by atoms with Crippen molar-refractivity contribution >= 4 is 44.7 Å². The number of ketones is 1. The van der Waals surface area contributed by atoms with Gasteiger partial charge in [0.15, 0.2) is 5.78 Å². The third-order valence-corrected chi connectivity index (χ3v) is 4.39. The Hall–Kier alpha value is -0.640. The molecule has 1 nitrogen and oxygen atoms in total. The molecule has 0 spiro atoms. The molecule has 0 radical (unpaired) electrons. The van der Waals surface area contributed by atoms with E-state index in [9.17, 15) is 4.79 Å². The van der Waals surface area contributed by atoms with E-state index in [4.69, 9.17) is 11.6 Å². The zero-order chi connectivity index (χ0) is 12.4. The van der Waals surface area contributed by atoms with Crippen LogP contribution in [0.3, 0.4) is 0 Å². The van der Waals surface area contributed by atoms with Gasteiger partial charge in [0.25, 0.3) is 0 Å². The van der Waals surface area contributed by atoms with Crippen LogP contribution in [0.5, 0.6) is 0 Å². The van der Waals surface area contributed by atoms with Crippen LogP contribution in [0.1, 0.15) is 20.8 Å². The highest BCUT2D eigenvalue weighted by Crippen LogP contribution is 2.23. The zero-order valence-corrected chi connectivity index (χ0v) is 12.3. The first-order valence-corrected chi connectivity index (χ1v) is 7.13. The topological polar surface area (TPSA) is 17.1 Å². The van der Waals surface area contributed by atoms with Crippen molar-refractivity contribution in [3.05, 3.63) is 55.1 Å². The molecule has 1 aromatic carbocycles. The van der Waals surface area contributed by atoms with E-state index in [1.807, 2.05) is 24.4 Å². The van der Waals surface area contributed by atoms with Crippen LogP contribution in [0, 0.1) is 6.92 Å². The van der Waals surface area contributed by atoms with Gasteiger partial charge in [-0.3, -0.25) is 4.79 Å². The van der Waals surface area contributed by atoms with Crippen molar-refractivity contribution in [2.45, 2.75) is 13.3 Å². The standard InChI is InChI=1S/C13H10BrClOS/c1-8-2-3-10(15)5-12(8)13(16)6-11-4-9(14)7-17-11/h2-5,7H,6H2,1H3. The summed E-state index contributed by atoms with van der Waals surface area (Å²) in [4.78, 5) is 13.2. The molecule has 0 amide bonds. The Morgan fingerprint density at radius 2 is 2.18 bits per heavy atom. The number of Topliss-reactive ketones (excluding diaryl/α,β-unsaturated/α-hetero) is 1. The Morgan fingerprint density at radius 1 is 1.41 bits per heavy atom. The van der Waals surface area contributed by atoms with E-state index >= 15 is 0 Å². The van der Waals surface area contributed by atoms with Crippen molar-refractivity contribution < 1.29 is 4.79 Å². The van der Waals surface area contributed by atoms with Gasteiger partial charge < -0.3 is 0 Å². The van der Waals surface area contributed by atoms with Gasteiger partial charge in [-0.25, -0.2) is 0 Å². The Labute approximate surface area is 118 Å². The number of halogens is 2. The highest BCUT2D eigenvalue weighted by atomic mass is 79.9. The Balaban J connectivity index is 2.22. The normalized spacial score (nSPS) is 10.5. The molecule has 0 fully saturated rings. The summed E-state index contributed by atoms with van der Waals surface area (Å²) < 4.78 is 1.02. The molecule has 88 valence electrons. The second-order valence-electron chi connectivity index (χ2n) is 3.79. The van der Waals surface area contributed by atoms with Gasteiger partial charge >= 0.3 is 0 Å². The fourth-order valence-electron chi connectivity index (χ4n) is 1.59. The summed E-state index contributed by atoms with van der Waals surface area (Å²) in [5, 5.41) is 2.58. The van der Waals surface area contributed by atoms with E-state index in [1.165, 1.54) is 0 Å². The molecule has 4 heteroatoms. The minimum Gasteiger partial charge on any atom is -0.294 e. The number of benzene rings is 1. The molecule has 1 aromatic heterocycles. The van der Waals surface area contributed by atoms with Crippen LogP contribution in [-0.4, -0.2) is 5.78 Å². The van der Waals surface area contributed by atoms with Gasteiger partial charge in [-0.2, -0.15) is 0 Å². The molecule has 0 saturated heterocycles. The van der Waals surface area contributed by atoms with Crippen LogP contribution in [0.15, 0.2) is 34.1 Å². The van der Waals surface area contributed by atoms with Crippen LogP contribution in [0.25, 0.3) is 0 Å². The van der Waals surface area contributed by atoms with Crippen molar-refractivity contribution in [1.29, 1.82) is 0 Å². The summed E-state index contributed by atoms with van der Waals surface area (Å²) in [7, 11) is 0. The number of hydrogen-bond acceptors (Lipinski definition) is 2. The second-order valence-corrected chi connectivity index (χ2v) is 6.14. The van der Waals surface area contributed by atoms with Crippen molar-refractivity contribution in [2.75, 3.05) is 0 Å². The third kappa shape index (κ3) is 3.18. The second kappa shape index (κ2) is 5.34. The van der Waals surface area contributed by atoms with Gasteiger partial charge in [0.1, 0.15) is 0 Å². The van der Waals surface area contributed by atoms with E-state index in [0.29, 0.717) is 17.0 Å². The highest BCUT2D eigenvalue weighted by Gasteiger charge is 2.11. The number of aryl methyl sites for hydroxylation is 1. The fraction of sp³-hybridized carbons (Fsp3) is 0.154. The maximum absolute atomic E-state index is 12.1. The van der Waals surface area contributed by atoms with Crippen LogP contribution >= 0.6 is 38.9 Å². The minimum atomic E-state index is 0.111. The first-order valence-electron chi connectivity index (χ1n) is 5.08. The van der Waals surface area contributed by atoms with Gasteiger partial charge in [-0.05, 0) is 46.6 Å². The molecule has 2 aromatic rings. The number of hydrogen-bond donors (Lipinski definition) is 0. The lowest BCUT2D eigenvalue weighted by Crippen LogP contribution is -2.04. The summed E-state index contributed by atoms with van der Waals surface area (Å²) in [6.45, 7) is 1.92. The summed E-state index contributed by atoms with van der Waals surface area (Å²) in [5.74, 6) is 0.111. The molecule has 0 saturated carbocycles. The van der Waals surface area contributed by atoms with Crippen LogP contribution in [0.2, 0.25) is 5.02 Å². The summed E-state index contributed by atoms with van der Waals surface area (Å²) in [6, 6.07) is 7.39. The maximum atomic E-state index is 12.1. The first-order chi connectivity index (χ1) is 8.06. The number of thiophene rings is 1.